The molecule has 13 heteroatoms. The second-order valence-corrected chi connectivity index (χ2v) is 21.9. The van der Waals surface area contributed by atoms with E-state index < -0.39 is 33.4 Å². The van der Waals surface area contributed by atoms with E-state index in [2.05, 4.69) is 59.9 Å². The Hall–Kier alpha value is -1.54. The van der Waals surface area contributed by atoms with E-state index in [1.54, 1.807) is 44.3 Å². The SMILES string of the molecule is C[C@@H](Nc1nc(Nc2ccc(S(=O)(=NS(=O)(=O)CC[Si](C)(C)C)C3CC3)cc2)ncc1Br)C(C)(C)O. The van der Waals surface area contributed by atoms with Crippen molar-refractivity contribution in [3.8, 4) is 0 Å². The van der Waals surface area contributed by atoms with Crippen LogP contribution in [0.3, 0.4) is 0 Å². The molecule has 1 aliphatic carbocycles. The quantitative estimate of drug-likeness (QED) is 0.292. The fraction of sp³-hybridized carbons (Fsp3) is 0.565. The van der Waals surface area contributed by atoms with Gasteiger partial charge < -0.3 is 15.7 Å². The number of halogens is 1. The van der Waals surface area contributed by atoms with E-state index in [9.17, 15) is 17.7 Å². The summed E-state index contributed by atoms with van der Waals surface area (Å²) in [6.07, 6.45) is 3.02. The molecular formula is C23H36BrN5O4S2Si. The molecule has 1 unspecified atom stereocenters. The topological polar surface area (TPSA) is 134 Å². The highest BCUT2D eigenvalue weighted by Gasteiger charge is 2.37. The molecule has 1 aromatic heterocycles. The van der Waals surface area contributed by atoms with Gasteiger partial charge in [-0.2, -0.15) is 4.98 Å². The second-order valence-electron chi connectivity index (χ2n) is 11.0. The molecule has 9 nitrogen and oxygen atoms in total. The smallest absolute Gasteiger partial charge is 0.260 e. The van der Waals surface area contributed by atoms with Gasteiger partial charge in [0.05, 0.1) is 31.6 Å². The lowest BCUT2D eigenvalue weighted by molar-refractivity contribution is 0.0647. The first-order valence-corrected chi connectivity index (χ1v) is 19.6. The Labute approximate surface area is 224 Å². The van der Waals surface area contributed by atoms with Crippen LogP contribution < -0.4 is 10.6 Å². The number of aromatic nitrogens is 2. The molecule has 1 saturated carbocycles. The van der Waals surface area contributed by atoms with E-state index >= 15 is 0 Å². The molecule has 1 aliphatic rings. The predicted octanol–water partition coefficient (Wildman–Crippen LogP) is 5.21. The van der Waals surface area contributed by atoms with Crippen molar-refractivity contribution in [3.63, 3.8) is 0 Å². The largest absolute Gasteiger partial charge is 0.388 e. The van der Waals surface area contributed by atoms with E-state index in [-0.39, 0.29) is 17.0 Å². The van der Waals surface area contributed by atoms with E-state index in [4.69, 9.17) is 0 Å². The van der Waals surface area contributed by atoms with Gasteiger partial charge in [-0.1, -0.05) is 19.6 Å². The molecule has 0 radical (unpaired) electrons. The molecule has 1 aromatic carbocycles. The standard InChI is InChI=1S/C23H36BrN5O4S2Si/c1-16(23(2,3)30)26-21-20(24)15-25-22(28-21)27-17-7-9-18(10-8-17)35(33,19-11-12-19)29-34(31,32)13-14-36(4,5)6/h7-10,15-16,19,30H,11-14H2,1-6H3,(H2,25,26,27,28)/t16-,35?/m1/s1. The molecule has 1 heterocycles. The number of nitrogens with zero attached hydrogens (tertiary/aromatic N) is 3. The lowest BCUT2D eigenvalue weighted by Gasteiger charge is -2.27. The van der Waals surface area contributed by atoms with Gasteiger partial charge >= 0.3 is 0 Å². The summed E-state index contributed by atoms with van der Waals surface area (Å²) in [5.41, 5.74) is -0.294. The summed E-state index contributed by atoms with van der Waals surface area (Å²) in [5, 5.41) is 16.3. The zero-order valence-corrected chi connectivity index (χ0v) is 25.8. The van der Waals surface area contributed by atoms with E-state index in [0.29, 0.717) is 45.7 Å². The molecule has 0 bridgehead atoms. The molecule has 1 fully saturated rings. The van der Waals surface area contributed by atoms with Crippen LogP contribution in [0.1, 0.15) is 33.6 Å². The lowest BCUT2D eigenvalue weighted by atomic mass is 10.0. The van der Waals surface area contributed by atoms with Gasteiger partial charge in [-0.05, 0) is 79.9 Å². The van der Waals surface area contributed by atoms with Crippen molar-refractivity contribution in [1.29, 1.82) is 0 Å². The van der Waals surface area contributed by atoms with Gasteiger partial charge in [-0.15, -0.1) is 3.77 Å². The normalized spacial score (nSPS) is 17.2. The fourth-order valence-corrected chi connectivity index (χ4v) is 11.0. The Balaban J connectivity index is 1.82. The first-order valence-electron chi connectivity index (χ1n) is 11.9. The van der Waals surface area contributed by atoms with Gasteiger partial charge in [0.25, 0.3) is 10.0 Å². The summed E-state index contributed by atoms with van der Waals surface area (Å²) in [7, 11) is -8.44. The third kappa shape index (κ3) is 7.98. The maximum Gasteiger partial charge on any atom is 0.260 e. The van der Waals surface area contributed by atoms with Crippen molar-refractivity contribution >= 4 is 61.2 Å². The molecule has 2 aromatic rings. The third-order valence-electron chi connectivity index (χ3n) is 5.92. The van der Waals surface area contributed by atoms with Gasteiger partial charge in [0.15, 0.2) is 0 Å². The van der Waals surface area contributed by atoms with Gasteiger partial charge in [-0.3, -0.25) is 0 Å². The van der Waals surface area contributed by atoms with Crippen molar-refractivity contribution in [2.45, 2.75) is 81.1 Å². The van der Waals surface area contributed by atoms with E-state index in [1.165, 1.54) is 0 Å². The molecule has 0 saturated heterocycles. The molecule has 3 N–H and O–H groups in total. The van der Waals surface area contributed by atoms with Crippen LogP contribution in [0.25, 0.3) is 0 Å². The predicted molar refractivity (Wildman–Crippen MR) is 153 cm³/mol. The monoisotopic (exact) mass is 617 g/mol. The van der Waals surface area contributed by atoms with Crippen molar-refractivity contribution in [2.75, 3.05) is 16.4 Å². The lowest BCUT2D eigenvalue weighted by Crippen LogP contribution is -2.39. The Morgan fingerprint density at radius 1 is 1.19 bits per heavy atom. The number of aliphatic hydroxyl groups is 1. The fourth-order valence-electron chi connectivity index (χ4n) is 3.10. The summed E-state index contributed by atoms with van der Waals surface area (Å²) in [6.45, 7) is 11.6. The first kappa shape index (κ1) is 29.0. The van der Waals surface area contributed by atoms with Gasteiger partial charge in [-0.25, -0.2) is 17.6 Å². The van der Waals surface area contributed by atoms with Crippen LogP contribution in [-0.4, -0.2) is 58.4 Å². The van der Waals surface area contributed by atoms with E-state index in [1.807, 2.05) is 6.92 Å². The van der Waals surface area contributed by atoms with Crippen molar-refractivity contribution in [2.24, 2.45) is 3.77 Å². The van der Waals surface area contributed by atoms with Crippen LogP contribution in [0.15, 0.2) is 43.6 Å². The van der Waals surface area contributed by atoms with Crippen molar-refractivity contribution < 1.29 is 17.7 Å². The van der Waals surface area contributed by atoms with Crippen LogP contribution in [-0.2, 0) is 19.8 Å². The van der Waals surface area contributed by atoms with Gasteiger partial charge in [0.2, 0.25) is 5.95 Å². The maximum absolute atomic E-state index is 13.8. The molecular weight excluding hydrogens is 582 g/mol. The average molecular weight is 619 g/mol. The van der Waals surface area contributed by atoms with Gasteiger partial charge in [0.1, 0.15) is 5.82 Å². The Morgan fingerprint density at radius 3 is 2.33 bits per heavy atom. The van der Waals surface area contributed by atoms with Gasteiger partial charge in [0, 0.05) is 30.1 Å². The highest BCUT2D eigenvalue weighted by molar-refractivity contribution is 9.10. The van der Waals surface area contributed by atoms with Crippen LogP contribution in [0.5, 0.6) is 0 Å². The first-order chi connectivity index (χ1) is 16.5. The maximum atomic E-state index is 13.8. The minimum Gasteiger partial charge on any atom is -0.388 e. The molecule has 3 rings (SSSR count). The molecule has 0 spiro atoms. The van der Waals surface area contributed by atoms with Crippen molar-refractivity contribution in [3.05, 3.63) is 34.9 Å². The third-order valence-corrected chi connectivity index (χ3v) is 13.4. The Bertz CT molecular complexity index is 1310. The summed E-state index contributed by atoms with van der Waals surface area (Å²) < 4.78 is 43.9. The zero-order chi connectivity index (χ0) is 26.9. The minimum atomic E-state index is -3.79. The summed E-state index contributed by atoms with van der Waals surface area (Å²) >= 11 is 3.42. The minimum absolute atomic E-state index is 0.0601. The molecule has 36 heavy (non-hydrogen) atoms. The number of benzene rings is 1. The number of nitrogens with one attached hydrogen (secondary N) is 2. The average Bonchev–Trinajstić information content (AvgIpc) is 3.60. The number of rotatable bonds is 11. The van der Waals surface area contributed by atoms with Crippen LogP contribution in [0.4, 0.5) is 17.5 Å². The Morgan fingerprint density at radius 2 is 1.81 bits per heavy atom. The summed E-state index contributed by atoms with van der Waals surface area (Å²) in [5.74, 6) is 0.797. The number of sulfonamides is 1. The number of hydrogen-bond acceptors (Lipinski definition) is 8. The molecule has 0 aliphatic heterocycles. The van der Waals surface area contributed by atoms with Crippen LogP contribution >= 0.6 is 15.9 Å². The van der Waals surface area contributed by atoms with Crippen LogP contribution in [0.2, 0.25) is 25.7 Å². The highest BCUT2D eigenvalue weighted by atomic mass is 79.9. The molecule has 200 valence electrons. The number of anilines is 3. The molecule has 2 atom stereocenters. The van der Waals surface area contributed by atoms with Crippen molar-refractivity contribution in [1.82, 2.24) is 9.97 Å². The van der Waals surface area contributed by atoms with Crippen LogP contribution in [0, 0.1) is 0 Å². The Kier molecular flexibility index (Phi) is 8.61. The number of hydrogen-bond donors (Lipinski definition) is 3. The summed E-state index contributed by atoms with van der Waals surface area (Å²) in [4.78, 5) is 9.18. The summed E-state index contributed by atoms with van der Waals surface area (Å²) in [6, 6.07) is 7.08. The highest BCUT2D eigenvalue weighted by Crippen LogP contribution is 2.37. The van der Waals surface area contributed by atoms with E-state index in [0.717, 1.165) is 0 Å². The second kappa shape index (κ2) is 10.7. The zero-order valence-electron chi connectivity index (χ0n) is 21.6. The molecule has 0 amide bonds.